The number of nitro groups is 1. The Morgan fingerprint density at radius 1 is 1.15 bits per heavy atom. The lowest BCUT2D eigenvalue weighted by Gasteiger charge is -2.33. The molecule has 0 radical (unpaired) electrons. The van der Waals surface area contributed by atoms with Crippen LogP contribution in [0.25, 0.3) is 0 Å². The summed E-state index contributed by atoms with van der Waals surface area (Å²) < 4.78 is 33.2. The van der Waals surface area contributed by atoms with Crippen molar-refractivity contribution in [2.75, 3.05) is 19.6 Å². The monoisotopic (exact) mass is 393 g/mol. The Kier molecular flexibility index (Phi) is 6.25. The van der Waals surface area contributed by atoms with Crippen molar-refractivity contribution in [1.29, 1.82) is 0 Å². The maximum atomic E-state index is 12.5. The number of nitrogens with one attached hydrogen (secondary N) is 1. The number of furan rings is 1. The fourth-order valence-electron chi connectivity index (χ4n) is 3.31. The number of piperidine rings is 1. The Hall–Kier alpha value is -2.23. The minimum absolute atomic E-state index is 0.0629. The standard InChI is InChI=1S/C18H23N3O5S/c22-21(23)16-8-6-15(7-9-16)14-27(24,25)19-13-17(18-5-4-12-26-18)20-10-2-1-3-11-20/h4-9,12,17,19H,1-3,10-11,13-14H2. The molecule has 3 rings (SSSR count). The molecule has 0 saturated carbocycles. The summed E-state index contributed by atoms with van der Waals surface area (Å²) >= 11 is 0. The quantitative estimate of drug-likeness (QED) is 0.546. The second kappa shape index (κ2) is 8.64. The number of rotatable bonds is 8. The summed E-state index contributed by atoms with van der Waals surface area (Å²) in [6.07, 6.45) is 4.96. The van der Waals surface area contributed by atoms with Crippen LogP contribution in [0.4, 0.5) is 5.69 Å². The minimum atomic E-state index is -3.58. The van der Waals surface area contributed by atoms with Gasteiger partial charge in [-0.05, 0) is 43.6 Å². The third-order valence-corrected chi connectivity index (χ3v) is 6.02. The Morgan fingerprint density at radius 3 is 2.44 bits per heavy atom. The fourth-order valence-corrected chi connectivity index (χ4v) is 4.46. The molecular formula is C18H23N3O5S. The second-order valence-corrected chi connectivity index (χ2v) is 8.47. The van der Waals surface area contributed by atoms with E-state index in [1.165, 1.54) is 30.7 Å². The highest BCUT2D eigenvalue weighted by Crippen LogP contribution is 2.25. The molecule has 1 aliphatic rings. The molecule has 1 atom stereocenters. The van der Waals surface area contributed by atoms with Crippen molar-refractivity contribution in [1.82, 2.24) is 9.62 Å². The minimum Gasteiger partial charge on any atom is -0.468 e. The molecule has 2 aromatic rings. The Balaban J connectivity index is 1.65. The third-order valence-electron chi connectivity index (χ3n) is 4.70. The van der Waals surface area contributed by atoms with Gasteiger partial charge in [-0.25, -0.2) is 13.1 Å². The summed E-state index contributed by atoms with van der Waals surface area (Å²) in [4.78, 5) is 12.4. The smallest absolute Gasteiger partial charge is 0.269 e. The van der Waals surface area contributed by atoms with Gasteiger partial charge in [-0.2, -0.15) is 0 Å². The molecule has 146 valence electrons. The van der Waals surface area contributed by atoms with Crippen molar-refractivity contribution in [3.05, 3.63) is 64.1 Å². The van der Waals surface area contributed by atoms with Gasteiger partial charge in [0.1, 0.15) is 5.76 Å². The molecule has 0 amide bonds. The van der Waals surface area contributed by atoms with Crippen LogP contribution in [-0.2, 0) is 15.8 Å². The van der Waals surface area contributed by atoms with Crippen molar-refractivity contribution in [3.8, 4) is 0 Å². The number of nitrogens with zero attached hydrogens (tertiary/aromatic N) is 2. The zero-order valence-corrected chi connectivity index (χ0v) is 15.7. The second-order valence-electron chi connectivity index (χ2n) is 6.66. The van der Waals surface area contributed by atoms with Gasteiger partial charge in [-0.3, -0.25) is 15.0 Å². The van der Waals surface area contributed by atoms with E-state index in [0.29, 0.717) is 5.56 Å². The van der Waals surface area contributed by atoms with Gasteiger partial charge in [0.2, 0.25) is 10.0 Å². The van der Waals surface area contributed by atoms with E-state index in [9.17, 15) is 18.5 Å². The van der Waals surface area contributed by atoms with E-state index in [1.807, 2.05) is 6.07 Å². The number of non-ortho nitro benzene ring substituents is 1. The lowest BCUT2D eigenvalue weighted by atomic mass is 10.1. The molecule has 1 N–H and O–H groups in total. The maximum Gasteiger partial charge on any atom is 0.269 e. The van der Waals surface area contributed by atoms with Crippen LogP contribution in [-0.4, -0.2) is 37.9 Å². The van der Waals surface area contributed by atoms with Gasteiger partial charge in [0.25, 0.3) is 5.69 Å². The summed E-state index contributed by atoms with van der Waals surface area (Å²) in [6, 6.07) is 9.07. The fraction of sp³-hybridized carbons (Fsp3) is 0.444. The van der Waals surface area contributed by atoms with Crippen LogP contribution in [0.1, 0.15) is 36.6 Å². The van der Waals surface area contributed by atoms with Gasteiger partial charge in [0, 0.05) is 18.7 Å². The summed E-state index contributed by atoms with van der Waals surface area (Å²) in [7, 11) is -3.58. The highest BCUT2D eigenvalue weighted by molar-refractivity contribution is 7.88. The SMILES string of the molecule is O=[N+]([O-])c1ccc(CS(=O)(=O)NCC(c2ccco2)N2CCCCC2)cc1. The first-order chi connectivity index (χ1) is 12.9. The maximum absolute atomic E-state index is 12.5. The molecule has 9 heteroatoms. The molecule has 0 bridgehead atoms. The van der Waals surface area contributed by atoms with Crippen molar-refractivity contribution >= 4 is 15.7 Å². The average Bonchev–Trinajstić information content (AvgIpc) is 3.17. The first-order valence-corrected chi connectivity index (χ1v) is 10.6. The van der Waals surface area contributed by atoms with Crippen LogP contribution in [0.2, 0.25) is 0 Å². The highest BCUT2D eigenvalue weighted by Gasteiger charge is 2.26. The van der Waals surface area contributed by atoms with E-state index in [0.717, 1.165) is 31.7 Å². The molecule has 8 nitrogen and oxygen atoms in total. The number of nitro benzene ring substituents is 1. The number of sulfonamides is 1. The first kappa shape index (κ1) is 19.5. The molecule has 2 heterocycles. The van der Waals surface area contributed by atoms with Crippen molar-refractivity contribution in [3.63, 3.8) is 0 Å². The lowest BCUT2D eigenvalue weighted by Crippen LogP contribution is -2.40. The van der Waals surface area contributed by atoms with Crippen LogP contribution in [0.3, 0.4) is 0 Å². The zero-order chi connectivity index (χ0) is 19.3. The summed E-state index contributed by atoms with van der Waals surface area (Å²) in [5.74, 6) is 0.519. The lowest BCUT2D eigenvalue weighted by molar-refractivity contribution is -0.384. The molecule has 0 aliphatic carbocycles. The Morgan fingerprint density at radius 2 is 1.85 bits per heavy atom. The van der Waals surface area contributed by atoms with E-state index < -0.39 is 14.9 Å². The summed E-state index contributed by atoms with van der Waals surface area (Å²) in [6.45, 7) is 2.05. The van der Waals surface area contributed by atoms with Gasteiger partial charge >= 0.3 is 0 Å². The molecule has 1 saturated heterocycles. The molecular weight excluding hydrogens is 370 g/mol. The highest BCUT2D eigenvalue weighted by atomic mass is 32.2. The van der Waals surface area contributed by atoms with Gasteiger partial charge in [-0.1, -0.05) is 18.6 Å². The van der Waals surface area contributed by atoms with E-state index in [-0.39, 0.29) is 24.0 Å². The molecule has 27 heavy (non-hydrogen) atoms. The normalized spacial score (nSPS) is 16.9. The first-order valence-electron chi connectivity index (χ1n) is 8.93. The van der Waals surface area contributed by atoms with Gasteiger partial charge in [0.05, 0.1) is 23.0 Å². The summed E-state index contributed by atoms with van der Waals surface area (Å²) in [5, 5.41) is 10.7. The predicted molar refractivity (Wildman–Crippen MR) is 101 cm³/mol. The third kappa shape index (κ3) is 5.38. The number of hydrogen-bond donors (Lipinski definition) is 1. The van der Waals surface area contributed by atoms with Crippen LogP contribution in [0.15, 0.2) is 47.1 Å². The molecule has 1 aromatic heterocycles. The average molecular weight is 393 g/mol. The van der Waals surface area contributed by atoms with E-state index >= 15 is 0 Å². The number of benzene rings is 1. The van der Waals surface area contributed by atoms with Crippen LogP contribution < -0.4 is 4.72 Å². The number of hydrogen-bond acceptors (Lipinski definition) is 6. The van der Waals surface area contributed by atoms with E-state index in [4.69, 9.17) is 4.42 Å². The van der Waals surface area contributed by atoms with Gasteiger partial charge in [0.15, 0.2) is 0 Å². The van der Waals surface area contributed by atoms with Crippen LogP contribution in [0.5, 0.6) is 0 Å². The van der Waals surface area contributed by atoms with Gasteiger partial charge in [-0.15, -0.1) is 0 Å². The van der Waals surface area contributed by atoms with Crippen molar-refractivity contribution in [2.45, 2.75) is 31.1 Å². The summed E-state index contributed by atoms with van der Waals surface area (Å²) in [5.41, 5.74) is 0.438. The molecule has 1 unspecified atom stereocenters. The van der Waals surface area contributed by atoms with Crippen molar-refractivity contribution in [2.24, 2.45) is 0 Å². The van der Waals surface area contributed by atoms with Gasteiger partial charge < -0.3 is 4.42 Å². The Bertz CT molecular complexity index is 844. The van der Waals surface area contributed by atoms with Crippen LogP contribution in [0, 0.1) is 10.1 Å². The topological polar surface area (TPSA) is 106 Å². The molecule has 0 spiro atoms. The molecule has 1 fully saturated rings. The van der Waals surface area contributed by atoms with Crippen molar-refractivity contribution < 1.29 is 17.8 Å². The largest absolute Gasteiger partial charge is 0.468 e. The van der Waals surface area contributed by atoms with E-state index in [1.54, 1.807) is 12.3 Å². The van der Waals surface area contributed by atoms with E-state index in [2.05, 4.69) is 9.62 Å². The predicted octanol–water partition coefficient (Wildman–Crippen LogP) is 2.83. The van der Waals surface area contributed by atoms with Crippen LogP contribution >= 0.6 is 0 Å². The molecule has 1 aromatic carbocycles. The zero-order valence-electron chi connectivity index (χ0n) is 14.9. The molecule has 1 aliphatic heterocycles. The number of likely N-dealkylation sites (tertiary alicyclic amines) is 1. The Labute approximate surface area is 158 Å².